The molecule has 0 unspecified atom stereocenters. The van der Waals surface area contributed by atoms with Gasteiger partial charge < -0.3 is 19.7 Å². The number of nitrogens with one attached hydrogen (secondary N) is 1. The van der Waals surface area contributed by atoms with Crippen LogP contribution in [0.25, 0.3) is 0 Å². The minimum Gasteiger partial charge on any atom is -0.493 e. The lowest BCUT2D eigenvalue weighted by Crippen LogP contribution is -2.44. The topological polar surface area (TPSA) is 67.9 Å². The van der Waals surface area contributed by atoms with Crippen molar-refractivity contribution in [3.05, 3.63) is 57.6 Å². The number of ether oxygens (including phenoxy) is 2. The molecule has 2 heterocycles. The first-order valence-electron chi connectivity index (χ1n) is 11.7. The highest BCUT2D eigenvalue weighted by molar-refractivity contribution is 6.42. The Balaban J connectivity index is 1.15. The van der Waals surface area contributed by atoms with E-state index in [-0.39, 0.29) is 17.7 Å². The summed E-state index contributed by atoms with van der Waals surface area (Å²) in [5.41, 5.74) is 0.241. The molecule has 2 aliphatic rings. The van der Waals surface area contributed by atoms with Crippen LogP contribution in [0, 0.1) is 0 Å². The van der Waals surface area contributed by atoms with E-state index in [0.717, 1.165) is 45.3 Å². The second-order valence-corrected chi connectivity index (χ2v) is 10.2. The van der Waals surface area contributed by atoms with Crippen LogP contribution < -0.4 is 14.8 Å². The van der Waals surface area contributed by atoms with Crippen LogP contribution in [0.4, 0.5) is 0 Å². The van der Waals surface area contributed by atoms with Gasteiger partial charge >= 0.3 is 0 Å². The molecule has 4 rings (SSSR count). The number of nitrogens with zero attached hydrogens (tertiary/aromatic N) is 1. The molecule has 0 bridgehead atoms. The van der Waals surface area contributed by atoms with Gasteiger partial charge in [-0.2, -0.15) is 0 Å². The minimum atomic E-state index is -0.838. The molecule has 2 aromatic rings. The molecule has 182 valence electrons. The van der Waals surface area contributed by atoms with Crippen molar-refractivity contribution in [1.29, 1.82) is 0 Å². The van der Waals surface area contributed by atoms with E-state index in [9.17, 15) is 9.59 Å². The number of ketones is 1. The molecule has 0 aliphatic carbocycles. The second kappa shape index (κ2) is 10.5. The molecule has 0 spiro atoms. The largest absolute Gasteiger partial charge is 0.493 e. The molecule has 1 saturated heterocycles. The van der Waals surface area contributed by atoms with Gasteiger partial charge in [0.2, 0.25) is 5.78 Å². The molecule has 0 saturated carbocycles. The van der Waals surface area contributed by atoms with E-state index in [1.807, 2.05) is 18.2 Å². The van der Waals surface area contributed by atoms with E-state index in [4.69, 9.17) is 32.7 Å². The molecule has 1 fully saturated rings. The van der Waals surface area contributed by atoms with E-state index in [1.54, 1.807) is 32.0 Å². The standard InChI is InChI=1S/C26H30Cl2N2O4/c1-26(2)24(31)23-21(6-5-7-22(23)34-26)33-15-4-3-12-30-13-10-18(11-14-30)29-25(32)17-8-9-19(27)20(28)16-17/h5-9,16,18H,3-4,10-15H2,1-2H3,(H,29,32). The van der Waals surface area contributed by atoms with E-state index < -0.39 is 5.60 Å². The van der Waals surface area contributed by atoms with Crippen LogP contribution in [0.2, 0.25) is 10.0 Å². The normalized spacial score (nSPS) is 17.8. The quantitative estimate of drug-likeness (QED) is 0.487. The number of likely N-dealkylation sites (tertiary alicyclic amines) is 1. The van der Waals surface area contributed by atoms with Crippen LogP contribution in [-0.2, 0) is 0 Å². The van der Waals surface area contributed by atoms with E-state index in [1.165, 1.54) is 0 Å². The van der Waals surface area contributed by atoms with Gasteiger partial charge in [-0.05, 0) is 76.4 Å². The third-order valence-electron chi connectivity index (χ3n) is 6.36. The first kappa shape index (κ1) is 24.8. The highest BCUT2D eigenvalue weighted by Gasteiger charge is 2.41. The Kier molecular flexibility index (Phi) is 7.70. The van der Waals surface area contributed by atoms with E-state index in [2.05, 4.69) is 10.2 Å². The summed E-state index contributed by atoms with van der Waals surface area (Å²) in [6.45, 7) is 6.99. The van der Waals surface area contributed by atoms with Crippen molar-refractivity contribution in [2.45, 2.75) is 51.2 Å². The number of rotatable bonds is 8. The summed E-state index contributed by atoms with van der Waals surface area (Å²) in [4.78, 5) is 27.5. The molecule has 2 aliphatic heterocycles. The fourth-order valence-corrected chi connectivity index (χ4v) is 4.69. The minimum absolute atomic E-state index is 0.0350. The number of piperidine rings is 1. The van der Waals surface area contributed by atoms with Crippen molar-refractivity contribution in [3.8, 4) is 11.5 Å². The molecule has 0 atom stereocenters. The molecule has 1 N–H and O–H groups in total. The summed E-state index contributed by atoms with van der Waals surface area (Å²) < 4.78 is 11.7. The maximum absolute atomic E-state index is 12.6. The predicted molar refractivity (Wildman–Crippen MR) is 134 cm³/mol. The first-order valence-corrected chi connectivity index (χ1v) is 12.5. The number of Topliss-reactive ketones (excluding diaryl/α,β-unsaturated/α-hetero) is 1. The van der Waals surface area contributed by atoms with Gasteiger partial charge in [0, 0.05) is 24.7 Å². The molecule has 8 heteroatoms. The summed E-state index contributed by atoms with van der Waals surface area (Å²) in [6, 6.07) is 10.6. The van der Waals surface area contributed by atoms with Crippen LogP contribution in [0.1, 0.15) is 60.2 Å². The van der Waals surface area contributed by atoms with Crippen LogP contribution in [0.15, 0.2) is 36.4 Å². The SMILES string of the molecule is CC1(C)Oc2cccc(OCCCCN3CCC(NC(=O)c4ccc(Cl)c(Cl)c4)CC3)c2C1=O. The molecule has 0 radical (unpaired) electrons. The van der Waals surface area contributed by atoms with Crippen molar-refractivity contribution >= 4 is 34.9 Å². The lowest BCUT2D eigenvalue weighted by molar-refractivity contribution is 0.0683. The van der Waals surface area contributed by atoms with Crippen molar-refractivity contribution in [1.82, 2.24) is 10.2 Å². The first-order chi connectivity index (χ1) is 16.2. The number of benzene rings is 2. The number of amides is 1. The summed E-state index contributed by atoms with van der Waals surface area (Å²) in [6.07, 6.45) is 3.73. The Morgan fingerprint density at radius 1 is 1.15 bits per heavy atom. The van der Waals surface area contributed by atoms with Crippen molar-refractivity contribution in [3.63, 3.8) is 0 Å². The van der Waals surface area contributed by atoms with Gasteiger partial charge in [0.05, 0.1) is 16.7 Å². The zero-order valence-electron chi connectivity index (χ0n) is 19.5. The highest BCUT2D eigenvalue weighted by atomic mass is 35.5. The van der Waals surface area contributed by atoms with Gasteiger partial charge in [-0.25, -0.2) is 0 Å². The average molecular weight is 505 g/mol. The molecule has 34 heavy (non-hydrogen) atoms. The number of carbonyl (C=O) groups is 2. The van der Waals surface area contributed by atoms with E-state index in [0.29, 0.717) is 39.3 Å². The van der Waals surface area contributed by atoms with Gasteiger partial charge in [0.15, 0.2) is 5.60 Å². The monoisotopic (exact) mass is 504 g/mol. The molecule has 1 amide bonds. The molecule has 6 nitrogen and oxygen atoms in total. The second-order valence-electron chi connectivity index (χ2n) is 9.34. The molecular formula is C26H30Cl2N2O4. The summed E-state index contributed by atoms with van der Waals surface area (Å²) in [5.74, 6) is 1.05. The molecular weight excluding hydrogens is 475 g/mol. The highest BCUT2D eigenvalue weighted by Crippen LogP contribution is 2.40. The lowest BCUT2D eigenvalue weighted by Gasteiger charge is -2.32. The number of hydrogen-bond acceptors (Lipinski definition) is 5. The Bertz CT molecular complexity index is 1060. The van der Waals surface area contributed by atoms with Gasteiger partial charge in [-0.3, -0.25) is 9.59 Å². The number of halogens is 2. The predicted octanol–water partition coefficient (Wildman–Crippen LogP) is 5.40. The third kappa shape index (κ3) is 5.68. The summed E-state index contributed by atoms with van der Waals surface area (Å²) in [7, 11) is 0. The fourth-order valence-electron chi connectivity index (χ4n) is 4.39. The van der Waals surface area contributed by atoms with Gasteiger partial charge in [0.1, 0.15) is 17.1 Å². The molecule has 2 aromatic carbocycles. The Labute approximate surface area is 210 Å². The van der Waals surface area contributed by atoms with Gasteiger partial charge in [-0.1, -0.05) is 29.3 Å². The Morgan fingerprint density at radius 2 is 1.91 bits per heavy atom. The Morgan fingerprint density at radius 3 is 2.65 bits per heavy atom. The van der Waals surface area contributed by atoms with Gasteiger partial charge in [0.25, 0.3) is 5.91 Å². The third-order valence-corrected chi connectivity index (χ3v) is 7.10. The van der Waals surface area contributed by atoms with Crippen molar-refractivity contribution < 1.29 is 19.1 Å². The number of fused-ring (bicyclic) bond motifs is 1. The molecule has 0 aromatic heterocycles. The smallest absolute Gasteiger partial charge is 0.251 e. The zero-order valence-corrected chi connectivity index (χ0v) is 21.0. The van der Waals surface area contributed by atoms with E-state index >= 15 is 0 Å². The van der Waals surface area contributed by atoms with Crippen LogP contribution in [0.5, 0.6) is 11.5 Å². The Hall–Kier alpha value is -2.28. The van der Waals surface area contributed by atoms with Crippen LogP contribution in [-0.4, -0.2) is 54.5 Å². The van der Waals surface area contributed by atoms with Crippen LogP contribution >= 0.6 is 23.2 Å². The van der Waals surface area contributed by atoms with Crippen molar-refractivity contribution in [2.75, 3.05) is 26.2 Å². The fraction of sp³-hybridized carbons (Fsp3) is 0.462. The van der Waals surface area contributed by atoms with Gasteiger partial charge in [-0.15, -0.1) is 0 Å². The summed E-state index contributed by atoms with van der Waals surface area (Å²) >= 11 is 11.9. The van der Waals surface area contributed by atoms with Crippen LogP contribution in [0.3, 0.4) is 0 Å². The zero-order chi connectivity index (χ0) is 24.3. The maximum Gasteiger partial charge on any atom is 0.251 e. The number of unbranched alkanes of at least 4 members (excludes halogenated alkanes) is 1. The summed E-state index contributed by atoms with van der Waals surface area (Å²) in [5, 5.41) is 3.93. The maximum atomic E-state index is 12.6. The van der Waals surface area contributed by atoms with Crippen molar-refractivity contribution in [2.24, 2.45) is 0 Å². The number of carbonyl (C=O) groups excluding carboxylic acids is 2. The average Bonchev–Trinajstić information content (AvgIpc) is 3.05. The number of hydrogen-bond donors (Lipinski definition) is 1. The lowest BCUT2D eigenvalue weighted by atomic mass is 9.99.